The molecule has 0 radical (unpaired) electrons. The first kappa shape index (κ1) is 13.9. The molecule has 0 heterocycles. The van der Waals surface area contributed by atoms with E-state index in [1.807, 2.05) is 0 Å². The summed E-state index contributed by atoms with van der Waals surface area (Å²) < 4.78 is 27.1. The van der Waals surface area contributed by atoms with E-state index in [-0.39, 0.29) is 27.9 Å². The Morgan fingerprint density at radius 2 is 1.90 bits per heavy atom. The van der Waals surface area contributed by atoms with Gasteiger partial charge in [-0.2, -0.15) is 0 Å². The zero-order valence-corrected chi connectivity index (χ0v) is 10.6. The van der Waals surface area contributed by atoms with Crippen LogP contribution < -0.4 is 5.73 Å². The molecule has 0 atom stereocenters. The number of carbonyl (C=O) groups excluding carboxylic acids is 2. The minimum atomic E-state index is -0.775. The van der Waals surface area contributed by atoms with Gasteiger partial charge in [-0.3, -0.25) is 9.59 Å². The second-order valence-electron chi connectivity index (χ2n) is 4.34. The summed E-state index contributed by atoms with van der Waals surface area (Å²) in [6, 6.07) is 5.96. The van der Waals surface area contributed by atoms with Crippen molar-refractivity contribution in [2.45, 2.75) is 6.92 Å². The van der Waals surface area contributed by atoms with Gasteiger partial charge in [0.1, 0.15) is 11.6 Å². The van der Waals surface area contributed by atoms with E-state index >= 15 is 0 Å². The highest BCUT2D eigenvalue weighted by Gasteiger charge is 2.21. The van der Waals surface area contributed by atoms with Crippen LogP contribution in [0.25, 0.3) is 0 Å². The van der Waals surface area contributed by atoms with Crippen LogP contribution in [0.2, 0.25) is 0 Å². The molecular formula is C15H11F2NO2. The minimum absolute atomic E-state index is 0.0426. The van der Waals surface area contributed by atoms with Crippen LogP contribution in [0, 0.1) is 18.6 Å². The van der Waals surface area contributed by atoms with Crippen molar-refractivity contribution in [1.29, 1.82) is 0 Å². The monoisotopic (exact) mass is 275 g/mol. The fourth-order valence-electron chi connectivity index (χ4n) is 1.90. The lowest BCUT2D eigenvalue weighted by Gasteiger charge is -2.09. The molecule has 2 aromatic rings. The maximum atomic E-state index is 14.1. The molecule has 0 amide bonds. The van der Waals surface area contributed by atoms with Crippen LogP contribution in [0.4, 0.5) is 14.5 Å². The molecule has 2 N–H and O–H groups in total. The molecule has 0 spiro atoms. The molecule has 0 aliphatic heterocycles. The molecule has 0 saturated carbocycles. The van der Waals surface area contributed by atoms with Crippen molar-refractivity contribution in [1.82, 2.24) is 0 Å². The summed E-state index contributed by atoms with van der Waals surface area (Å²) in [5.74, 6) is -2.12. The molecule has 0 unspecified atom stereocenters. The average molecular weight is 275 g/mol. The molecule has 20 heavy (non-hydrogen) atoms. The maximum Gasteiger partial charge on any atom is 0.198 e. The van der Waals surface area contributed by atoms with Gasteiger partial charge in [-0.1, -0.05) is 12.1 Å². The van der Waals surface area contributed by atoms with E-state index in [9.17, 15) is 18.4 Å². The Hall–Kier alpha value is -2.56. The van der Waals surface area contributed by atoms with Crippen LogP contribution in [0.1, 0.15) is 31.8 Å². The topological polar surface area (TPSA) is 60.2 Å². The first-order valence-corrected chi connectivity index (χ1v) is 5.79. The molecular weight excluding hydrogens is 264 g/mol. The molecule has 0 fully saturated rings. The number of carbonyl (C=O) groups is 2. The Morgan fingerprint density at radius 3 is 2.50 bits per heavy atom. The molecule has 2 aromatic carbocycles. The molecule has 2 rings (SSSR count). The van der Waals surface area contributed by atoms with Crippen molar-refractivity contribution in [3.8, 4) is 0 Å². The van der Waals surface area contributed by atoms with E-state index in [0.29, 0.717) is 6.29 Å². The molecule has 0 saturated heterocycles. The third kappa shape index (κ3) is 2.30. The fraction of sp³-hybridized carbons (Fsp3) is 0.0667. The predicted octanol–water partition coefficient (Wildman–Crippen LogP) is 2.90. The number of hydrogen-bond acceptors (Lipinski definition) is 3. The van der Waals surface area contributed by atoms with Crippen LogP contribution in [-0.4, -0.2) is 12.1 Å². The molecule has 5 heteroatoms. The highest BCUT2D eigenvalue weighted by atomic mass is 19.1. The van der Waals surface area contributed by atoms with E-state index in [1.54, 1.807) is 0 Å². The van der Waals surface area contributed by atoms with Gasteiger partial charge in [-0.05, 0) is 30.7 Å². The zero-order chi connectivity index (χ0) is 14.9. The third-order valence-corrected chi connectivity index (χ3v) is 2.98. The number of halogens is 2. The Balaban J connectivity index is 2.64. The van der Waals surface area contributed by atoms with Gasteiger partial charge in [-0.15, -0.1) is 0 Å². The van der Waals surface area contributed by atoms with Crippen LogP contribution >= 0.6 is 0 Å². The second-order valence-corrected chi connectivity index (χ2v) is 4.34. The van der Waals surface area contributed by atoms with Crippen molar-refractivity contribution >= 4 is 17.8 Å². The molecule has 102 valence electrons. The SMILES string of the molecule is Cc1ccc(C=O)c(C(=O)c2ccc(F)cc2N)c1F. The highest BCUT2D eigenvalue weighted by molar-refractivity contribution is 6.15. The van der Waals surface area contributed by atoms with Gasteiger partial charge in [0.25, 0.3) is 0 Å². The summed E-state index contributed by atoms with van der Waals surface area (Å²) in [6.45, 7) is 1.48. The zero-order valence-electron chi connectivity index (χ0n) is 10.6. The number of rotatable bonds is 3. The summed E-state index contributed by atoms with van der Waals surface area (Å²) in [4.78, 5) is 23.3. The summed E-state index contributed by atoms with van der Waals surface area (Å²) in [7, 11) is 0. The van der Waals surface area contributed by atoms with Gasteiger partial charge in [-0.25, -0.2) is 8.78 Å². The lowest BCUT2D eigenvalue weighted by molar-refractivity contribution is 0.102. The highest BCUT2D eigenvalue weighted by Crippen LogP contribution is 2.23. The first-order valence-electron chi connectivity index (χ1n) is 5.79. The number of nitrogens with two attached hydrogens (primary N) is 1. The fourth-order valence-corrected chi connectivity index (χ4v) is 1.90. The quantitative estimate of drug-likeness (QED) is 0.532. The van der Waals surface area contributed by atoms with Gasteiger partial charge in [0.05, 0.1) is 5.56 Å². The van der Waals surface area contributed by atoms with Gasteiger partial charge < -0.3 is 5.73 Å². The lowest BCUT2D eigenvalue weighted by Crippen LogP contribution is -2.12. The number of nitrogen functional groups attached to an aromatic ring is 1. The van der Waals surface area contributed by atoms with Crippen LogP contribution in [-0.2, 0) is 0 Å². The molecule has 0 aromatic heterocycles. The van der Waals surface area contributed by atoms with Crippen molar-refractivity contribution in [3.05, 3.63) is 64.2 Å². The first-order chi connectivity index (χ1) is 9.45. The second kappa shape index (κ2) is 5.21. The molecule has 3 nitrogen and oxygen atoms in total. The van der Waals surface area contributed by atoms with Crippen LogP contribution in [0.5, 0.6) is 0 Å². The largest absolute Gasteiger partial charge is 0.398 e. The molecule has 0 aliphatic carbocycles. The van der Waals surface area contributed by atoms with E-state index in [0.717, 1.165) is 12.1 Å². The third-order valence-electron chi connectivity index (χ3n) is 2.98. The van der Waals surface area contributed by atoms with E-state index in [1.165, 1.54) is 25.1 Å². The Kier molecular flexibility index (Phi) is 3.61. The number of ketones is 1. The number of anilines is 1. The summed E-state index contributed by atoms with van der Waals surface area (Å²) >= 11 is 0. The number of aryl methyl sites for hydroxylation is 1. The Bertz CT molecular complexity index is 711. The summed E-state index contributed by atoms with van der Waals surface area (Å²) in [6.07, 6.45) is 0.398. The van der Waals surface area contributed by atoms with Gasteiger partial charge in [0.15, 0.2) is 12.1 Å². The van der Waals surface area contributed by atoms with Crippen LogP contribution in [0.3, 0.4) is 0 Å². The van der Waals surface area contributed by atoms with E-state index < -0.39 is 17.4 Å². The number of benzene rings is 2. The maximum absolute atomic E-state index is 14.1. The predicted molar refractivity (Wildman–Crippen MR) is 70.8 cm³/mol. The summed E-state index contributed by atoms with van der Waals surface area (Å²) in [5, 5.41) is 0. The lowest BCUT2D eigenvalue weighted by atomic mass is 9.95. The molecule has 0 aliphatic rings. The van der Waals surface area contributed by atoms with Crippen molar-refractivity contribution in [3.63, 3.8) is 0 Å². The average Bonchev–Trinajstić information content (AvgIpc) is 2.41. The standard InChI is InChI=1S/C15H11F2NO2/c1-8-2-3-9(7-19)13(14(8)17)15(20)11-5-4-10(16)6-12(11)18/h2-7H,18H2,1H3. The van der Waals surface area contributed by atoms with Gasteiger partial charge in [0.2, 0.25) is 0 Å². The van der Waals surface area contributed by atoms with E-state index in [2.05, 4.69) is 0 Å². The smallest absolute Gasteiger partial charge is 0.198 e. The Morgan fingerprint density at radius 1 is 1.20 bits per heavy atom. The Labute approximate surface area is 114 Å². The van der Waals surface area contributed by atoms with Crippen molar-refractivity contribution in [2.75, 3.05) is 5.73 Å². The minimum Gasteiger partial charge on any atom is -0.398 e. The number of aldehydes is 1. The van der Waals surface area contributed by atoms with Crippen molar-refractivity contribution < 1.29 is 18.4 Å². The normalized spacial score (nSPS) is 10.3. The summed E-state index contributed by atoms with van der Waals surface area (Å²) in [5.41, 5.74) is 5.24. The molecule has 0 bridgehead atoms. The van der Waals surface area contributed by atoms with Gasteiger partial charge >= 0.3 is 0 Å². The number of hydrogen-bond donors (Lipinski definition) is 1. The van der Waals surface area contributed by atoms with Crippen molar-refractivity contribution in [2.24, 2.45) is 0 Å². The van der Waals surface area contributed by atoms with Gasteiger partial charge in [0, 0.05) is 16.8 Å². The van der Waals surface area contributed by atoms with E-state index in [4.69, 9.17) is 5.73 Å². The van der Waals surface area contributed by atoms with Crippen LogP contribution in [0.15, 0.2) is 30.3 Å².